The van der Waals surface area contributed by atoms with E-state index in [4.69, 9.17) is 0 Å². The maximum Gasteiger partial charge on any atom is 0.255 e. The van der Waals surface area contributed by atoms with E-state index >= 15 is 0 Å². The minimum atomic E-state index is -3.04. The number of rotatable bonds is 4. The molecule has 1 aromatic heterocycles. The lowest BCUT2D eigenvalue weighted by molar-refractivity contribution is 0.0747. The molecule has 0 saturated carbocycles. The van der Waals surface area contributed by atoms with Crippen LogP contribution in [0.15, 0.2) is 42.6 Å². The molecule has 1 unspecified atom stereocenters. The number of benzene rings is 1. The van der Waals surface area contributed by atoms with Crippen molar-refractivity contribution in [3.05, 3.63) is 65.2 Å². The molecule has 1 aliphatic heterocycles. The van der Waals surface area contributed by atoms with Crippen molar-refractivity contribution in [2.45, 2.75) is 18.9 Å². The summed E-state index contributed by atoms with van der Waals surface area (Å²) in [6.45, 7) is 0. The summed E-state index contributed by atoms with van der Waals surface area (Å²) in [6, 6.07) is 9.42. The van der Waals surface area contributed by atoms with Crippen molar-refractivity contribution in [3.8, 4) is 0 Å². The van der Waals surface area contributed by atoms with Crippen LogP contribution in [0.5, 0.6) is 0 Å². The first-order chi connectivity index (χ1) is 11.8. The van der Waals surface area contributed by atoms with Crippen molar-refractivity contribution in [1.29, 1.82) is 0 Å². The van der Waals surface area contributed by atoms with Crippen LogP contribution in [0, 0.1) is 5.82 Å². The van der Waals surface area contributed by atoms with E-state index in [1.54, 1.807) is 25.2 Å². The Kier molecular flexibility index (Phi) is 4.85. The molecule has 7 heteroatoms. The van der Waals surface area contributed by atoms with Crippen molar-refractivity contribution in [1.82, 2.24) is 9.88 Å². The van der Waals surface area contributed by atoms with Gasteiger partial charge in [0.2, 0.25) is 0 Å². The summed E-state index contributed by atoms with van der Waals surface area (Å²) in [5, 5.41) is 0. The first kappa shape index (κ1) is 17.5. The van der Waals surface area contributed by atoms with Crippen molar-refractivity contribution in [2.24, 2.45) is 0 Å². The van der Waals surface area contributed by atoms with Gasteiger partial charge in [0.15, 0.2) is 9.84 Å². The predicted octanol–water partition coefficient (Wildman–Crippen LogP) is 2.07. The van der Waals surface area contributed by atoms with Crippen molar-refractivity contribution < 1.29 is 17.6 Å². The Morgan fingerprint density at radius 2 is 2.12 bits per heavy atom. The molecule has 132 valence electrons. The number of hydrogen-bond donors (Lipinski definition) is 0. The average molecular weight is 362 g/mol. The normalized spacial score (nSPS) is 18.9. The van der Waals surface area contributed by atoms with Gasteiger partial charge >= 0.3 is 0 Å². The Bertz CT molecular complexity index is 881. The molecule has 1 aliphatic rings. The highest BCUT2D eigenvalue weighted by Crippen LogP contribution is 2.18. The molecular formula is C18H19FN2O3S. The standard InChI is InChI=1S/C18H19FN2O3S/c1-21(17-7-8-25(23,24)12-17)18(22)14-5-6-16(20-11-14)10-13-3-2-4-15(19)9-13/h2-6,9,11,17H,7-8,10,12H2,1H3. The molecule has 0 radical (unpaired) electrons. The molecule has 0 aliphatic carbocycles. The zero-order valence-corrected chi connectivity index (χ0v) is 14.7. The van der Waals surface area contributed by atoms with Gasteiger partial charge in [-0.05, 0) is 36.2 Å². The number of nitrogens with zero attached hydrogens (tertiary/aromatic N) is 2. The number of halogens is 1. The van der Waals surface area contributed by atoms with E-state index in [1.807, 2.05) is 6.07 Å². The summed E-state index contributed by atoms with van der Waals surface area (Å²) in [6.07, 6.45) is 2.43. The van der Waals surface area contributed by atoms with Crippen LogP contribution in [0.3, 0.4) is 0 Å². The van der Waals surface area contributed by atoms with Crippen LogP contribution in [0.4, 0.5) is 4.39 Å². The molecule has 0 spiro atoms. The topological polar surface area (TPSA) is 67.3 Å². The second kappa shape index (κ2) is 6.92. The maximum atomic E-state index is 13.2. The van der Waals surface area contributed by atoms with Crippen LogP contribution >= 0.6 is 0 Å². The number of hydrogen-bond acceptors (Lipinski definition) is 4. The number of sulfone groups is 1. The Morgan fingerprint density at radius 1 is 1.32 bits per heavy atom. The van der Waals surface area contributed by atoms with Gasteiger partial charge in [0.25, 0.3) is 5.91 Å². The third-order valence-electron chi connectivity index (χ3n) is 4.42. The van der Waals surface area contributed by atoms with Crippen LogP contribution < -0.4 is 0 Å². The van der Waals surface area contributed by atoms with Gasteiger partial charge in [-0.1, -0.05) is 12.1 Å². The molecule has 1 atom stereocenters. The second-order valence-corrected chi connectivity index (χ2v) is 8.55. The van der Waals surface area contributed by atoms with E-state index in [0.717, 1.165) is 11.3 Å². The fourth-order valence-electron chi connectivity index (χ4n) is 2.96. The number of aromatic nitrogens is 1. The zero-order valence-electron chi connectivity index (χ0n) is 13.9. The zero-order chi connectivity index (χ0) is 18.0. The third kappa shape index (κ3) is 4.22. The molecule has 3 rings (SSSR count). The molecule has 2 heterocycles. The minimum Gasteiger partial charge on any atom is -0.338 e. The van der Waals surface area contributed by atoms with E-state index in [1.165, 1.54) is 23.2 Å². The summed E-state index contributed by atoms with van der Waals surface area (Å²) in [5.74, 6) is -0.398. The number of carbonyl (C=O) groups excluding carboxylic acids is 1. The Hall–Kier alpha value is -2.28. The van der Waals surface area contributed by atoms with Gasteiger partial charge in [-0.2, -0.15) is 0 Å². The summed E-state index contributed by atoms with van der Waals surface area (Å²) in [5.41, 5.74) is 1.95. The highest BCUT2D eigenvalue weighted by atomic mass is 32.2. The van der Waals surface area contributed by atoms with Crippen LogP contribution in [0.2, 0.25) is 0 Å². The van der Waals surface area contributed by atoms with Gasteiger partial charge < -0.3 is 4.90 Å². The number of carbonyl (C=O) groups is 1. The molecular weight excluding hydrogens is 343 g/mol. The Morgan fingerprint density at radius 3 is 2.72 bits per heavy atom. The minimum absolute atomic E-state index is 0.0142. The van der Waals surface area contributed by atoms with Gasteiger partial charge in [0.05, 0.1) is 17.1 Å². The number of pyridine rings is 1. The third-order valence-corrected chi connectivity index (χ3v) is 6.17. The van der Waals surface area contributed by atoms with Gasteiger partial charge in [0.1, 0.15) is 5.82 Å². The van der Waals surface area contributed by atoms with Crippen molar-refractivity contribution >= 4 is 15.7 Å². The molecule has 25 heavy (non-hydrogen) atoms. The lowest BCUT2D eigenvalue weighted by Crippen LogP contribution is -2.37. The summed E-state index contributed by atoms with van der Waals surface area (Å²) >= 11 is 0. The Balaban J connectivity index is 1.68. The quantitative estimate of drug-likeness (QED) is 0.835. The first-order valence-corrected chi connectivity index (χ1v) is 9.83. The highest BCUT2D eigenvalue weighted by molar-refractivity contribution is 7.91. The lowest BCUT2D eigenvalue weighted by Gasteiger charge is -2.23. The fraction of sp³-hybridized carbons (Fsp3) is 0.333. The van der Waals surface area contributed by atoms with E-state index in [-0.39, 0.29) is 29.3 Å². The average Bonchev–Trinajstić information content (AvgIpc) is 2.94. The maximum absolute atomic E-state index is 13.2. The fourth-order valence-corrected chi connectivity index (χ4v) is 4.74. The SMILES string of the molecule is CN(C(=O)c1ccc(Cc2cccc(F)c2)nc1)C1CCS(=O)(=O)C1. The summed E-state index contributed by atoms with van der Waals surface area (Å²) < 4.78 is 36.4. The number of amides is 1. The molecule has 1 saturated heterocycles. The molecule has 2 aromatic rings. The van der Waals surface area contributed by atoms with Crippen molar-refractivity contribution in [2.75, 3.05) is 18.6 Å². The van der Waals surface area contributed by atoms with Crippen LogP contribution in [-0.4, -0.2) is 48.8 Å². The van der Waals surface area contributed by atoms with Crippen LogP contribution in [0.25, 0.3) is 0 Å². The summed E-state index contributed by atoms with van der Waals surface area (Å²) in [7, 11) is -1.42. The molecule has 1 amide bonds. The van der Waals surface area contributed by atoms with E-state index in [0.29, 0.717) is 18.4 Å². The summed E-state index contributed by atoms with van der Waals surface area (Å²) in [4.78, 5) is 18.3. The highest BCUT2D eigenvalue weighted by Gasteiger charge is 2.33. The predicted molar refractivity (Wildman–Crippen MR) is 92.6 cm³/mol. The van der Waals surface area contributed by atoms with Crippen LogP contribution in [0.1, 0.15) is 28.0 Å². The smallest absolute Gasteiger partial charge is 0.255 e. The molecule has 1 aromatic carbocycles. The first-order valence-electron chi connectivity index (χ1n) is 8.01. The van der Waals surface area contributed by atoms with E-state index in [2.05, 4.69) is 4.98 Å². The molecule has 0 bridgehead atoms. The van der Waals surface area contributed by atoms with Gasteiger partial charge in [-0.15, -0.1) is 0 Å². The van der Waals surface area contributed by atoms with Gasteiger partial charge in [-0.3, -0.25) is 9.78 Å². The molecule has 5 nitrogen and oxygen atoms in total. The van der Waals surface area contributed by atoms with Gasteiger partial charge in [0, 0.05) is 31.4 Å². The monoisotopic (exact) mass is 362 g/mol. The molecule has 1 fully saturated rings. The second-order valence-electron chi connectivity index (χ2n) is 6.32. The van der Waals surface area contributed by atoms with Crippen LogP contribution in [-0.2, 0) is 16.3 Å². The Labute approximate surface area is 146 Å². The van der Waals surface area contributed by atoms with Crippen molar-refractivity contribution in [3.63, 3.8) is 0 Å². The van der Waals surface area contributed by atoms with Gasteiger partial charge in [-0.25, -0.2) is 12.8 Å². The largest absolute Gasteiger partial charge is 0.338 e. The van der Waals surface area contributed by atoms with E-state index in [9.17, 15) is 17.6 Å². The van der Waals surface area contributed by atoms with E-state index < -0.39 is 9.84 Å². The lowest BCUT2D eigenvalue weighted by atomic mass is 10.1. The molecule has 0 N–H and O–H groups in total.